The van der Waals surface area contributed by atoms with Crippen molar-refractivity contribution in [2.75, 3.05) is 33.2 Å². The van der Waals surface area contributed by atoms with E-state index in [0.717, 1.165) is 25.9 Å². The van der Waals surface area contributed by atoms with Gasteiger partial charge in [-0.25, -0.2) is 4.39 Å². The van der Waals surface area contributed by atoms with Gasteiger partial charge in [0.25, 0.3) is 5.91 Å². The lowest BCUT2D eigenvalue weighted by Crippen LogP contribution is -2.47. The number of hydrogen-bond acceptors (Lipinski definition) is 3. The molecular weight excluding hydrogens is 343 g/mol. The summed E-state index contributed by atoms with van der Waals surface area (Å²) in [5.74, 6) is -0.351. The summed E-state index contributed by atoms with van der Waals surface area (Å²) < 4.78 is 14.7. The summed E-state index contributed by atoms with van der Waals surface area (Å²) in [6.07, 6.45) is 1.80. The quantitative estimate of drug-likeness (QED) is 0.778. The van der Waals surface area contributed by atoms with Gasteiger partial charge >= 0.3 is 0 Å². The summed E-state index contributed by atoms with van der Waals surface area (Å²) in [6.45, 7) is 3.12. The molecule has 4 nitrogen and oxygen atoms in total. The van der Waals surface area contributed by atoms with Gasteiger partial charge < -0.3 is 9.80 Å². The van der Waals surface area contributed by atoms with E-state index in [4.69, 9.17) is 0 Å². The zero-order valence-electron chi connectivity index (χ0n) is 15.5. The second-order valence-electron chi connectivity index (χ2n) is 7.51. The Balaban J connectivity index is 1.57. The lowest BCUT2D eigenvalue weighted by molar-refractivity contribution is 0.0664. The SMILES string of the molecule is CN1CCN(C(=O)c2cccc(-c3ccc(C(=O)C4CC4)cc3F)c2)CC1. The molecule has 1 aliphatic carbocycles. The predicted molar refractivity (Wildman–Crippen MR) is 102 cm³/mol. The van der Waals surface area contributed by atoms with E-state index < -0.39 is 5.82 Å². The highest BCUT2D eigenvalue weighted by Gasteiger charge is 2.30. The third-order valence-corrected chi connectivity index (χ3v) is 5.41. The van der Waals surface area contributed by atoms with Crippen LogP contribution in [0.4, 0.5) is 4.39 Å². The molecule has 1 saturated heterocycles. The van der Waals surface area contributed by atoms with Crippen molar-refractivity contribution < 1.29 is 14.0 Å². The van der Waals surface area contributed by atoms with Crippen LogP contribution in [0.15, 0.2) is 42.5 Å². The molecule has 0 bridgehead atoms. The fraction of sp³-hybridized carbons (Fsp3) is 0.364. The van der Waals surface area contributed by atoms with Crippen LogP contribution >= 0.6 is 0 Å². The standard InChI is InChI=1S/C22H23FN2O2/c1-24-9-11-25(12-10-24)22(27)18-4-2-3-16(13-18)19-8-7-17(14-20(19)23)21(26)15-5-6-15/h2-4,7-8,13-15H,5-6,9-12H2,1H3. The monoisotopic (exact) mass is 366 g/mol. The summed E-state index contributed by atoms with van der Waals surface area (Å²) in [6, 6.07) is 11.7. The van der Waals surface area contributed by atoms with Crippen molar-refractivity contribution in [1.82, 2.24) is 9.80 Å². The first kappa shape index (κ1) is 17.9. The van der Waals surface area contributed by atoms with Crippen LogP contribution in [0.25, 0.3) is 11.1 Å². The Labute approximate surface area is 158 Å². The lowest BCUT2D eigenvalue weighted by atomic mass is 9.98. The largest absolute Gasteiger partial charge is 0.336 e. The van der Waals surface area contributed by atoms with Gasteiger partial charge in [-0.05, 0) is 43.7 Å². The number of hydrogen-bond donors (Lipinski definition) is 0. The van der Waals surface area contributed by atoms with Gasteiger partial charge in [0.1, 0.15) is 5.82 Å². The molecule has 1 aliphatic heterocycles. The molecule has 0 aromatic heterocycles. The Morgan fingerprint density at radius 1 is 0.963 bits per heavy atom. The number of amides is 1. The van der Waals surface area contributed by atoms with E-state index in [0.29, 0.717) is 35.3 Å². The van der Waals surface area contributed by atoms with Gasteiger partial charge in [-0.2, -0.15) is 0 Å². The Hall–Kier alpha value is -2.53. The molecule has 0 atom stereocenters. The maximum Gasteiger partial charge on any atom is 0.253 e. The van der Waals surface area contributed by atoms with E-state index in [1.165, 1.54) is 6.07 Å². The van der Waals surface area contributed by atoms with E-state index in [1.807, 2.05) is 11.9 Å². The minimum Gasteiger partial charge on any atom is -0.336 e. The molecule has 1 heterocycles. The number of carbonyl (C=O) groups is 2. The molecule has 0 radical (unpaired) electrons. The van der Waals surface area contributed by atoms with Crippen LogP contribution in [-0.2, 0) is 0 Å². The molecular formula is C22H23FN2O2. The molecule has 0 N–H and O–H groups in total. The first-order valence-electron chi connectivity index (χ1n) is 9.45. The van der Waals surface area contributed by atoms with Crippen LogP contribution in [0.2, 0.25) is 0 Å². The Morgan fingerprint density at radius 3 is 2.37 bits per heavy atom. The Kier molecular flexibility index (Phi) is 4.79. The van der Waals surface area contributed by atoms with E-state index >= 15 is 0 Å². The smallest absolute Gasteiger partial charge is 0.253 e. The average molecular weight is 366 g/mol. The average Bonchev–Trinajstić information content (AvgIpc) is 3.53. The third kappa shape index (κ3) is 3.78. The van der Waals surface area contributed by atoms with Gasteiger partial charge in [0, 0.05) is 48.8 Å². The van der Waals surface area contributed by atoms with Crippen LogP contribution < -0.4 is 0 Å². The molecule has 0 unspecified atom stereocenters. The minimum absolute atomic E-state index is 0.0223. The molecule has 2 aliphatic rings. The summed E-state index contributed by atoms with van der Waals surface area (Å²) in [4.78, 5) is 28.9. The molecule has 27 heavy (non-hydrogen) atoms. The Bertz CT molecular complexity index is 884. The number of benzene rings is 2. The van der Waals surface area contributed by atoms with Crippen molar-refractivity contribution >= 4 is 11.7 Å². The second-order valence-corrected chi connectivity index (χ2v) is 7.51. The second kappa shape index (κ2) is 7.24. The van der Waals surface area contributed by atoms with Crippen molar-refractivity contribution in [3.63, 3.8) is 0 Å². The van der Waals surface area contributed by atoms with Crippen LogP contribution in [0.5, 0.6) is 0 Å². The van der Waals surface area contributed by atoms with Crippen LogP contribution in [0, 0.1) is 11.7 Å². The van der Waals surface area contributed by atoms with Crippen molar-refractivity contribution in [2.45, 2.75) is 12.8 Å². The van der Waals surface area contributed by atoms with E-state index in [-0.39, 0.29) is 17.6 Å². The topological polar surface area (TPSA) is 40.6 Å². The number of Topliss-reactive ketones (excluding diaryl/α,β-unsaturated/α-hetero) is 1. The molecule has 0 spiro atoms. The van der Waals surface area contributed by atoms with Gasteiger partial charge in [-0.1, -0.05) is 24.3 Å². The summed E-state index contributed by atoms with van der Waals surface area (Å²) >= 11 is 0. The van der Waals surface area contributed by atoms with Gasteiger partial charge in [0.15, 0.2) is 5.78 Å². The summed E-state index contributed by atoms with van der Waals surface area (Å²) in [5.41, 5.74) is 2.06. The van der Waals surface area contributed by atoms with Gasteiger partial charge in [-0.15, -0.1) is 0 Å². The third-order valence-electron chi connectivity index (χ3n) is 5.41. The number of ketones is 1. The molecule has 4 rings (SSSR count). The number of piperazine rings is 1. The number of halogens is 1. The molecule has 2 fully saturated rings. The number of nitrogens with zero attached hydrogens (tertiary/aromatic N) is 2. The fourth-order valence-corrected chi connectivity index (χ4v) is 3.50. The van der Waals surface area contributed by atoms with Gasteiger partial charge in [-0.3, -0.25) is 9.59 Å². The lowest BCUT2D eigenvalue weighted by Gasteiger charge is -2.32. The van der Waals surface area contributed by atoms with Crippen LogP contribution in [0.3, 0.4) is 0 Å². The highest BCUT2D eigenvalue weighted by Crippen LogP contribution is 2.34. The highest BCUT2D eigenvalue weighted by molar-refractivity contribution is 6.00. The maximum absolute atomic E-state index is 14.7. The summed E-state index contributed by atoms with van der Waals surface area (Å²) in [7, 11) is 2.04. The highest BCUT2D eigenvalue weighted by atomic mass is 19.1. The number of carbonyl (C=O) groups excluding carboxylic acids is 2. The first-order chi connectivity index (χ1) is 13.0. The van der Waals surface area contributed by atoms with Crippen molar-refractivity contribution in [1.29, 1.82) is 0 Å². The predicted octanol–water partition coefficient (Wildman–Crippen LogP) is 3.47. The normalized spacial score (nSPS) is 17.8. The molecule has 2 aromatic rings. The summed E-state index contributed by atoms with van der Waals surface area (Å²) in [5, 5.41) is 0. The van der Waals surface area contributed by atoms with Crippen LogP contribution in [0.1, 0.15) is 33.6 Å². The molecule has 1 amide bonds. The fourth-order valence-electron chi connectivity index (χ4n) is 3.50. The van der Waals surface area contributed by atoms with Gasteiger partial charge in [0.2, 0.25) is 0 Å². The van der Waals surface area contributed by atoms with E-state index in [2.05, 4.69) is 4.90 Å². The van der Waals surface area contributed by atoms with E-state index in [9.17, 15) is 14.0 Å². The van der Waals surface area contributed by atoms with Crippen LogP contribution in [-0.4, -0.2) is 54.7 Å². The maximum atomic E-state index is 14.7. The first-order valence-corrected chi connectivity index (χ1v) is 9.45. The van der Waals surface area contributed by atoms with Crippen molar-refractivity contribution in [2.24, 2.45) is 5.92 Å². The minimum atomic E-state index is -0.425. The Morgan fingerprint density at radius 2 is 1.70 bits per heavy atom. The molecule has 5 heteroatoms. The van der Waals surface area contributed by atoms with E-state index in [1.54, 1.807) is 36.4 Å². The molecule has 2 aromatic carbocycles. The molecule has 1 saturated carbocycles. The number of likely N-dealkylation sites (N-methyl/N-ethyl adjacent to an activating group) is 1. The van der Waals surface area contributed by atoms with Gasteiger partial charge in [0.05, 0.1) is 0 Å². The molecule has 140 valence electrons. The zero-order valence-corrected chi connectivity index (χ0v) is 15.5. The van der Waals surface area contributed by atoms with Crippen molar-refractivity contribution in [3.8, 4) is 11.1 Å². The zero-order chi connectivity index (χ0) is 19.0. The van der Waals surface area contributed by atoms with Crippen molar-refractivity contribution in [3.05, 3.63) is 59.4 Å². The number of rotatable bonds is 4.